The van der Waals surface area contributed by atoms with Crippen molar-refractivity contribution in [3.8, 4) is 5.75 Å². The largest absolute Gasteiger partial charge is 0.497 e. The van der Waals surface area contributed by atoms with Crippen molar-refractivity contribution in [3.63, 3.8) is 0 Å². The van der Waals surface area contributed by atoms with Crippen LogP contribution < -0.4 is 15.4 Å². The molecule has 1 amide bonds. The van der Waals surface area contributed by atoms with Gasteiger partial charge in [-0.1, -0.05) is 26.0 Å². The van der Waals surface area contributed by atoms with E-state index in [0.29, 0.717) is 18.9 Å². The summed E-state index contributed by atoms with van der Waals surface area (Å²) < 4.78 is 5.11. The van der Waals surface area contributed by atoms with E-state index in [1.165, 1.54) is 5.56 Å². The molecule has 4 nitrogen and oxygen atoms in total. The van der Waals surface area contributed by atoms with Crippen molar-refractivity contribution in [2.75, 3.05) is 24.3 Å². The third-order valence-electron chi connectivity index (χ3n) is 3.63. The summed E-state index contributed by atoms with van der Waals surface area (Å²) >= 11 is 0. The SMILES string of the molecule is COc1ccc(NCCC(=O)Nc2ccc(C(C)C)cc2)cc1. The number of rotatable bonds is 7. The molecule has 2 N–H and O–H groups in total. The monoisotopic (exact) mass is 312 g/mol. The van der Waals surface area contributed by atoms with E-state index in [1.807, 2.05) is 36.4 Å². The second-order valence-corrected chi connectivity index (χ2v) is 5.73. The first-order valence-corrected chi connectivity index (χ1v) is 7.86. The Hall–Kier alpha value is -2.49. The number of carbonyl (C=O) groups is 1. The Morgan fingerprint density at radius 3 is 2.17 bits per heavy atom. The average Bonchev–Trinajstić information content (AvgIpc) is 2.56. The van der Waals surface area contributed by atoms with Gasteiger partial charge in [-0.25, -0.2) is 0 Å². The van der Waals surface area contributed by atoms with Gasteiger partial charge in [0.25, 0.3) is 0 Å². The van der Waals surface area contributed by atoms with Gasteiger partial charge < -0.3 is 15.4 Å². The highest BCUT2D eigenvalue weighted by Crippen LogP contribution is 2.17. The van der Waals surface area contributed by atoms with Gasteiger partial charge in [0.05, 0.1) is 7.11 Å². The molecule has 0 aliphatic heterocycles. The molecular formula is C19H24N2O2. The summed E-state index contributed by atoms with van der Waals surface area (Å²) in [5.74, 6) is 1.31. The van der Waals surface area contributed by atoms with Crippen LogP contribution in [-0.4, -0.2) is 19.6 Å². The van der Waals surface area contributed by atoms with Gasteiger partial charge in [-0.15, -0.1) is 0 Å². The smallest absolute Gasteiger partial charge is 0.226 e. The number of anilines is 2. The Morgan fingerprint density at radius 1 is 1.00 bits per heavy atom. The second-order valence-electron chi connectivity index (χ2n) is 5.73. The van der Waals surface area contributed by atoms with Crippen LogP contribution in [-0.2, 0) is 4.79 Å². The predicted octanol–water partition coefficient (Wildman–Crippen LogP) is 4.26. The minimum atomic E-state index is 0.00306. The van der Waals surface area contributed by atoms with Gasteiger partial charge in [0.2, 0.25) is 5.91 Å². The topological polar surface area (TPSA) is 50.4 Å². The van der Waals surface area contributed by atoms with E-state index >= 15 is 0 Å². The lowest BCUT2D eigenvalue weighted by atomic mass is 10.0. The van der Waals surface area contributed by atoms with Crippen molar-refractivity contribution in [1.29, 1.82) is 0 Å². The maximum Gasteiger partial charge on any atom is 0.226 e. The van der Waals surface area contributed by atoms with E-state index in [0.717, 1.165) is 17.1 Å². The molecular weight excluding hydrogens is 288 g/mol. The lowest BCUT2D eigenvalue weighted by Gasteiger charge is -2.09. The standard InChI is InChI=1S/C19H24N2O2/c1-14(2)15-4-6-17(7-5-15)21-19(22)12-13-20-16-8-10-18(23-3)11-9-16/h4-11,14,20H,12-13H2,1-3H3,(H,21,22). The van der Waals surface area contributed by atoms with Gasteiger partial charge in [0, 0.05) is 24.3 Å². The molecule has 2 aromatic rings. The van der Waals surface area contributed by atoms with Crippen LogP contribution in [0.1, 0.15) is 31.7 Å². The second kappa shape index (κ2) is 8.22. The molecule has 0 aromatic heterocycles. The zero-order valence-corrected chi connectivity index (χ0v) is 13.9. The molecule has 0 aliphatic carbocycles. The van der Waals surface area contributed by atoms with Gasteiger partial charge in [-0.3, -0.25) is 4.79 Å². The van der Waals surface area contributed by atoms with E-state index < -0.39 is 0 Å². The van der Waals surface area contributed by atoms with Crippen molar-refractivity contribution in [2.45, 2.75) is 26.2 Å². The number of hydrogen-bond acceptors (Lipinski definition) is 3. The zero-order valence-electron chi connectivity index (χ0n) is 13.9. The summed E-state index contributed by atoms with van der Waals surface area (Å²) in [7, 11) is 1.64. The maximum absolute atomic E-state index is 12.0. The lowest BCUT2D eigenvalue weighted by molar-refractivity contribution is -0.115. The quantitative estimate of drug-likeness (QED) is 0.803. The van der Waals surface area contributed by atoms with Gasteiger partial charge in [-0.05, 0) is 47.9 Å². The number of methoxy groups -OCH3 is 1. The van der Waals surface area contributed by atoms with E-state index in [9.17, 15) is 4.79 Å². The number of ether oxygens (including phenoxy) is 1. The van der Waals surface area contributed by atoms with Crippen molar-refractivity contribution >= 4 is 17.3 Å². The fraction of sp³-hybridized carbons (Fsp3) is 0.316. The molecule has 23 heavy (non-hydrogen) atoms. The fourth-order valence-electron chi connectivity index (χ4n) is 2.20. The van der Waals surface area contributed by atoms with E-state index in [2.05, 4.69) is 36.6 Å². The van der Waals surface area contributed by atoms with Gasteiger partial charge >= 0.3 is 0 Å². The van der Waals surface area contributed by atoms with E-state index in [1.54, 1.807) is 7.11 Å². The van der Waals surface area contributed by atoms with Crippen molar-refractivity contribution < 1.29 is 9.53 Å². The van der Waals surface area contributed by atoms with E-state index in [-0.39, 0.29) is 5.91 Å². The Labute approximate surface area is 137 Å². The van der Waals surface area contributed by atoms with Crippen LogP contribution in [0.4, 0.5) is 11.4 Å². The molecule has 0 spiro atoms. The van der Waals surface area contributed by atoms with Crippen LogP contribution >= 0.6 is 0 Å². The Balaban J connectivity index is 1.76. The summed E-state index contributed by atoms with van der Waals surface area (Å²) in [6.45, 7) is 4.89. The molecule has 0 saturated heterocycles. The Morgan fingerprint density at radius 2 is 1.61 bits per heavy atom. The van der Waals surface area contributed by atoms with Gasteiger partial charge in [0.1, 0.15) is 5.75 Å². The molecule has 122 valence electrons. The Kier molecular flexibility index (Phi) is 6.03. The van der Waals surface area contributed by atoms with Crippen LogP contribution in [0.5, 0.6) is 5.75 Å². The number of nitrogens with one attached hydrogen (secondary N) is 2. The minimum Gasteiger partial charge on any atom is -0.497 e. The van der Waals surface area contributed by atoms with Crippen molar-refractivity contribution in [3.05, 3.63) is 54.1 Å². The third kappa shape index (κ3) is 5.33. The first-order chi connectivity index (χ1) is 11.1. The third-order valence-corrected chi connectivity index (χ3v) is 3.63. The summed E-state index contributed by atoms with van der Waals surface area (Å²) in [5, 5.41) is 6.13. The van der Waals surface area contributed by atoms with Gasteiger partial charge in [-0.2, -0.15) is 0 Å². The molecule has 0 fully saturated rings. The summed E-state index contributed by atoms with van der Waals surface area (Å²) in [5.41, 5.74) is 3.08. The fourth-order valence-corrected chi connectivity index (χ4v) is 2.20. The highest BCUT2D eigenvalue weighted by Gasteiger charge is 2.04. The number of amides is 1. The number of hydrogen-bond donors (Lipinski definition) is 2. The van der Waals surface area contributed by atoms with Crippen LogP contribution in [0, 0.1) is 0 Å². The molecule has 0 heterocycles. The van der Waals surface area contributed by atoms with Crippen LogP contribution in [0.2, 0.25) is 0 Å². The molecule has 0 aliphatic rings. The number of carbonyl (C=O) groups excluding carboxylic acids is 1. The zero-order chi connectivity index (χ0) is 16.7. The molecule has 0 radical (unpaired) electrons. The molecule has 0 unspecified atom stereocenters. The van der Waals surface area contributed by atoms with Crippen molar-refractivity contribution in [2.24, 2.45) is 0 Å². The molecule has 4 heteroatoms. The highest BCUT2D eigenvalue weighted by molar-refractivity contribution is 5.91. The normalized spacial score (nSPS) is 10.4. The van der Waals surface area contributed by atoms with Crippen LogP contribution in [0.25, 0.3) is 0 Å². The minimum absolute atomic E-state index is 0.00306. The summed E-state index contributed by atoms with van der Waals surface area (Å²) in [4.78, 5) is 12.0. The lowest BCUT2D eigenvalue weighted by Crippen LogP contribution is -2.16. The summed E-state index contributed by atoms with van der Waals surface area (Å²) in [6, 6.07) is 15.6. The highest BCUT2D eigenvalue weighted by atomic mass is 16.5. The number of benzene rings is 2. The molecule has 2 aromatic carbocycles. The summed E-state index contributed by atoms with van der Waals surface area (Å²) in [6.07, 6.45) is 0.415. The molecule has 0 saturated carbocycles. The van der Waals surface area contributed by atoms with E-state index in [4.69, 9.17) is 4.74 Å². The average molecular weight is 312 g/mol. The Bertz CT molecular complexity index is 619. The van der Waals surface area contributed by atoms with Crippen LogP contribution in [0.15, 0.2) is 48.5 Å². The molecule has 2 rings (SSSR count). The first-order valence-electron chi connectivity index (χ1n) is 7.86. The molecule has 0 atom stereocenters. The first kappa shape index (κ1) is 16.9. The van der Waals surface area contributed by atoms with Crippen LogP contribution in [0.3, 0.4) is 0 Å². The predicted molar refractivity (Wildman–Crippen MR) is 95.3 cm³/mol. The molecule has 0 bridgehead atoms. The van der Waals surface area contributed by atoms with Crippen molar-refractivity contribution in [1.82, 2.24) is 0 Å². The maximum atomic E-state index is 12.0. The van der Waals surface area contributed by atoms with Gasteiger partial charge in [0.15, 0.2) is 0 Å².